The van der Waals surface area contributed by atoms with Crippen molar-refractivity contribution in [2.45, 2.75) is 71.4 Å². The van der Waals surface area contributed by atoms with Crippen LogP contribution in [0.2, 0.25) is 0 Å². The summed E-state index contributed by atoms with van der Waals surface area (Å²) in [7, 11) is 0. The molecule has 1 saturated heterocycles. The molecule has 8 heteroatoms. The summed E-state index contributed by atoms with van der Waals surface area (Å²) in [6.07, 6.45) is 1.36. The van der Waals surface area contributed by atoms with E-state index in [1.54, 1.807) is 0 Å². The fraction of sp³-hybridized carbons (Fsp3) is 0.684. The molecular weight excluding hydrogens is 344 g/mol. The van der Waals surface area contributed by atoms with Crippen molar-refractivity contribution >= 4 is 17.6 Å². The second kappa shape index (κ2) is 6.98. The Morgan fingerprint density at radius 3 is 2.37 bits per heavy atom. The highest BCUT2D eigenvalue weighted by Crippen LogP contribution is 2.23. The minimum absolute atomic E-state index is 0.125. The van der Waals surface area contributed by atoms with E-state index >= 15 is 0 Å². The largest absolute Gasteiger partial charge is 0.444 e. The summed E-state index contributed by atoms with van der Waals surface area (Å²) in [5.74, 6) is 1.75. The van der Waals surface area contributed by atoms with Gasteiger partial charge >= 0.3 is 6.09 Å². The Bertz CT molecular complexity index is 810. The van der Waals surface area contributed by atoms with Crippen LogP contribution in [0.1, 0.15) is 60.2 Å². The number of amides is 1. The molecule has 1 amide bonds. The molecule has 8 nitrogen and oxygen atoms in total. The van der Waals surface area contributed by atoms with Crippen molar-refractivity contribution in [1.29, 1.82) is 0 Å². The van der Waals surface area contributed by atoms with Gasteiger partial charge < -0.3 is 15.0 Å². The van der Waals surface area contributed by atoms with Crippen LogP contribution in [0, 0.1) is 0 Å². The molecule has 0 spiro atoms. The molecule has 2 aromatic heterocycles. The molecule has 1 aliphatic rings. The molecule has 1 fully saturated rings. The van der Waals surface area contributed by atoms with Crippen LogP contribution >= 0.6 is 0 Å². The maximum Gasteiger partial charge on any atom is 0.407 e. The van der Waals surface area contributed by atoms with E-state index in [2.05, 4.69) is 41.2 Å². The summed E-state index contributed by atoms with van der Waals surface area (Å²) in [6, 6.07) is 4.06. The molecule has 0 aromatic carbocycles. The number of anilines is 1. The van der Waals surface area contributed by atoms with Crippen molar-refractivity contribution in [3.63, 3.8) is 0 Å². The summed E-state index contributed by atoms with van der Waals surface area (Å²) in [4.78, 5) is 14.2. The highest BCUT2D eigenvalue weighted by atomic mass is 16.6. The lowest BCUT2D eigenvalue weighted by Crippen LogP contribution is -2.46. The van der Waals surface area contributed by atoms with Crippen molar-refractivity contribution < 1.29 is 9.53 Å². The van der Waals surface area contributed by atoms with Gasteiger partial charge in [-0.1, -0.05) is 20.8 Å². The van der Waals surface area contributed by atoms with E-state index < -0.39 is 5.60 Å². The van der Waals surface area contributed by atoms with Gasteiger partial charge in [0.25, 0.3) is 0 Å². The number of piperidine rings is 1. The number of carbonyl (C=O) groups is 1. The Labute approximate surface area is 160 Å². The second-order valence-electron chi connectivity index (χ2n) is 9.14. The van der Waals surface area contributed by atoms with E-state index in [1.165, 1.54) is 0 Å². The molecule has 0 radical (unpaired) electrons. The number of fused-ring (bicyclic) bond motifs is 1. The number of ether oxygens (including phenoxy) is 1. The minimum Gasteiger partial charge on any atom is -0.444 e. The molecule has 3 heterocycles. The molecule has 3 rings (SSSR count). The Balaban J connectivity index is 1.65. The molecule has 0 unspecified atom stereocenters. The zero-order chi connectivity index (χ0) is 19.8. The SMILES string of the molecule is CC(C)(C)OC(=O)NC1CCN(c2ccc3nnc(C(C)(C)C)n3n2)CC1. The monoisotopic (exact) mass is 374 g/mol. The lowest BCUT2D eigenvalue weighted by molar-refractivity contribution is 0.0497. The third-order valence-electron chi connectivity index (χ3n) is 4.46. The maximum atomic E-state index is 12.0. The van der Waals surface area contributed by atoms with Crippen molar-refractivity contribution in [2.24, 2.45) is 0 Å². The van der Waals surface area contributed by atoms with Crippen molar-refractivity contribution in [1.82, 2.24) is 25.1 Å². The molecule has 27 heavy (non-hydrogen) atoms. The first kappa shape index (κ1) is 19.4. The summed E-state index contributed by atoms with van der Waals surface area (Å²) in [5, 5.41) is 16.2. The first-order chi connectivity index (χ1) is 12.5. The van der Waals surface area contributed by atoms with Crippen LogP contribution in [-0.4, -0.2) is 50.6 Å². The number of aromatic nitrogens is 4. The Morgan fingerprint density at radius 1 is 1.11 bits per heavy atom. The van der Waals surface area contributed by atoms with Crippen molar-refractivity contribution in [3.8, 4) is 0 Å². The quantitative estimate of drug-likeness (QED) is 0.870. The van der Waals surface area contributed by atoms with Gasteiger partial charge in [-0.2, -0.15) is 4.52 Å². The minimum atomic E-state index is -0.478. The van der Waals surface area contributed by atoms with Crippen LogP contribution in [0.25, 0.3) is 5.65 Å². The number of nitrogens with zero attached hydrogens (tertiary/aromatic N) is 5. The Hall–Kier alpha value is -2.38. The lowest BCUT2D eigenvalue weighted by atomic mass is 9.96. The molecule has 0 atom stereocenters. The van der Waals surface area contributed by atoms with Crippen LogP contribution in [-0.2, 0) is 10.2 Å². The number of hydrogen-bond acceptors (Lipinski definition) is 6. The average molecular weight is 374 g/mol. The van der Waals surface area contributed by atoms with Gasteiger partial charge in [-0.05, 0) is 45.7 Å². The van der Waals surface area contributed by atoms with Gasteiger partial charge in [0.05, 0.1) is 0 Å². The van der Waals surface area contributed by atoms with E-state index in [4.69, 9.17) is 9.84 Å². The predicted octanol–water partition coefficient (Wildman–Crippen LogP) is 2.92. The summed E-state index contributed by atoms with van der Waals surface area (Å²) < 4.78 is 7.18. The molecule has 0 saturated carbocycles. The van der Waals surface area contributed by atoms with E-state index in [-0.39, 0.29) is 17.6 Å². The highest BCUT2D eigenvalue weighted by Gasteiger charge is 2.26. The average Bonchev–Trinajstić information content (AvgIpc) is 2.97. The summed E-state index contributed by atoms with van der Waals surface area (Å²) in [5.41, 5.74) is 0.147. The molecule has 0 bridgehead atoms. The third-order valence-corrected chi connectivity index (χ3v) is 4.46. The zero-order valence-electron chi connectivity index (χ0n) is 17.1. The topological polar surface area (TPSA) is 84.6 Å². The van der Waals surface area contributed by atoms with Crippen LogP contribution in [0.4, 0.5) is 10.6 Å². The summed E-state index contributed by atoms with van der Waals surface area (Å²) >= 11 is 0. The van der Waals surface area contributed by atoms with Gasteiger partial charge in [0.15, 0.2) is 11.5 Å². The first-order valence-corrected chi connectivity index (χ1v) is 9.50. The van der Waals surface area contributed by atoms with Gasteiger partial charge in [-0.15, -0.1) is 15.3 Å². The molecule has 1 N–H and O–H groups in total. The Morgan fingerprint density at radius 2 is 1.78 bits per heavy atom. The lowest BCUT2D eigenvalue weighted by Gasteiger charge is -2.33. The first-order valence-electron chi connectivity index (χ1n) is 9.50. The fourth-order valence-electron chi connectivity index (χ4n) is 3.14. The van der Waals surface area contributed by atoms with Gasteiger partial charge in [0.1, 0.15) is 11.4 Å². The molecule has 2 aromatic rings. The third kappa shape index (κ3) is 4.67. The van der Waals surface area contributed by atoms with Crippen LogP contribution < -0.4 is 10.2 Å². The van der Waals surface area contributed by atoms with Crippen LogP contribution in [0.15, 0.2) is 12.1 Å². The smallest absolute Gasteiger partial charge is 0.407 e. The van der Waals surface area contributed by atoms with Crippen LogP contribution in [0.5, 0.6) is 0 Å². The number of rotatable bonds is 2. The zero-order valence-corrected chi connectivity index (χ0v) is 17.1. The highest BCUT2D eigenvalue weighted by molar-refractivity contribution is 5.68. The Kier molecular flexibility index (Phi) is 5.01. The van der Waals surface area contributed by atoms with Crippen LogP contribution in [0.3, 0.4) is 0 Å². The number of alkyl carbamates (subject to hydrolysis) is 1. The van der Waals surface area contributed by atoms with Crippen molar-refractivity contribution in [3.05, 3.63) is 18.0 Å². The predicted molar refractivity (Wildman–Crippen MR) is 104 cm³/mol. The second-order valence-corrected chi connectivity index (χ2v) is 9.14. The molecule has 0 aliphatic carbocycles. The maximum absolute atomic E-state index is 12.0. The van der Waals surface area contributed by atoms with Gasteiger partial charge in [0, 0.05) is 24.5 Å². The van der Waals surface area contributed by atoms with Gasteiger partial charge in [0.2, 0.25) is 0 Å². The number of nitrogens with one attached hydrogen (secondary N) is 1. The van der Waals surface area contributed by atoms with E-state index in [1.807, 2.05) is 37.4 Å². The fourth-order valence-corrected chi connectivity index (χ4v) is 3.14. The molecule has 1 aliphatic heterocycles. The number of carbonyl (C=O) groups excluding carboxylic acids is 1. The standard InChI is InChI=1S/C19H30N6O2/c1-18(2,3)16-22-21-14-7-8-15(23-25(14)16)24-11-9-13(10-12-24)20-17(26)27-19(4,5)6/h7-8,13H,9-12H2,1-6H3,(H,20,26). The van der Waals surface area contributed by atoms with E-state index in [0.717, 1.165) is 43.2 Å². The van der Waals surface area contributed by atoms with E-state index in [0.29, 0.717) is 0 Å². The summed E-state index contributed by atoms with van der Waals surface area (Å²) in [6.45, 7) is 13.6. The number of hydrogen-bond donors (Lipinski definition) is 1. The normalized spacial score (nSPS) is 16.6. The van der Waals surface area contributed by atoms with Crippen molar-refractivity contribution in [2.75, 3.05) is 18.0 Å². The van der Waals surface area contributed by atoms with Gasteiger partial charge in [-0.25, -0.2) is 4.79 Å². The molecular formula is C19H30N6O2. The van der Waals surface area contributed by atoms with Gasteiger partial charge in [-0.3, -0.25) is 0 Å². The molecule has 148 valence electrons. The van der Waals surface area contributed by atoms with E-state index in [9.17, 15) is 4.79 Å².